The Morgan fingerprint density at radius 2 is 1.60 bits per heavy atom. The van der Waals surface area contributed by atoms with E-state index in [2.05, 4.69) is 49.4 Å². The zero-order chi connectivity index (χ0) is 28.5. The number of piperazine rings is 1. The molecule has 212 valence electrons. The normalized spacial score (nSPS) is 15.8. The van der Waals surface area contributed by atoms with E-state index in [1.165, 1.54) is 24.6 Å². The number of carbonyl (C=O) groups excluding carboxylic acids is 2. The van der Waals surface area contributed by atoms with Crippen LogP contribution < -0.4 is 10.2 Å². The van der Waals surface area contributed by atoms with E-state index in [-0.39, 0.29) is 18.0 Å². The van der Waals surface area contributed by atoms with Gasteiger partial charge in [-0.05, 0) is 74.5 Å². The number of halogens is 3. The number of amides is 2. The number of anilines is 2. The summed E-state index contributed by atoms with van der Waals surface area (Å²) in [5, 5.41) is 11.0. The van der Waals surface area contributed by atoms with E-state index in [9.17, 15) is 22.8 Å². The van der Waals surface area contributed by atoms with Gasteiger partial charge in [0.1, 0.15) is 5.75 Å². The van der Waals surface area contributed by atoms with Crippen molar-refractivity contribution in [2.75, 3.05) is 56.0 Å². The predicted octanol–water partition coefficient (Wildman–Crippen LogP) is 3.87. The number of carbonyl (C=O) groups is 2. The van der Waals surface area contributed by atoms with Crippen LogP contribution in [0.1, 0.15) is 18.4 Å². The molecule has 2 aromatic carbocycles. The lowest BCUT2D eigenvalue weighted by molar-refractivity contribution is -0.138. The topological polar surface area (TPSA) is 102 Å². The zero-order valence-corrected chi connectivity index (χ0v) is 21.8. The summed E-state index contributed by atoms with van der Waals surface area (Å²) >= 11 is 0. The highest BCUT2D eigenvalue weighted by atomic mass is 19.4. The molecular formula is C28H31F3N6O3. The summed E-state index contributed by atoms with van der Waals surface area (Å²) < 4.78 is 36.6. The van der Waals surface area contributed by atoms with Crippen molar-refractivity contribution < 1.29 is 27.9 Å². The van der Waals surface area contributed by atoms with Crippen LogP contribution >= 0.6 is 0 Å². The number of likely N-dealkylation sites (tertiary alicyclic amines) is 1. The molecule has 0 atom stereocenters. The van der Waals surface area contributed by atoms with E-state index < -0.39 is 17.5 Å². The third-order valence-corrected chi connectivity index (χ3v) is 6.77. The van der Waals surface area contributed by atoms with Crippen LogP contribution in [0.3, 0.4) is 0 Å². The van der Waals surface area contributed by atoms with Crippen molar-refractivity contribution in [1.82, 2.24) is 19.8 Å². The van der Waals surface area contributed by atoms with E-state index in [0.29, 0.717) is 12.6 Å². The van der Waals surface area contributed by atoms with E-state index in [4.69, 9.17) is 5.11 Å². The predicted molar refractivity (Wildman–Crippen MR) is 145 cm³/mol. The van der Waals surface area contributed by atoms with Gasteiger partial charge in [0.15, 0.2) is 5.82 Å². The zero-order valence-electron chi connectivity index (χ0n) is 21.8. The summed E-state index contributed by atoms with van der Waals surface area (Å²) in [6, 6.07) is 12.9. The number of aromatic hydroxyl groups is 1. The molecule has 2 aliphatic heterocycles. The standard InChI is InChI=1S/C20H25N5O.C8H6F3NO2/c26-19(16-23-10-1-2-11-23)25-14-12-24(13-15-25)18-6-4-17(5-7-18)20-21-8-3-9-22-20;9-8(10,11)6-3-5(12-4-13)1-2-7(6)14/h3-9H,1-2,10-16H2;1-4,14H,(H,12,13). The quantitative estimate of drug-likeness (QED) is 0.351. The Morgan fingerprint density at radius 3 is 2.20 bits per heavy atom. The van der Waals surface area contributed by atoms with Crippen LogP contribution in [0, 0.1) is 0 Å². The molecule has 3 heterocycles. The smallest absolute Gasteiger partial charge is 0.420 e. The van der Waals surface area contributed by atoms with Gasteiger partial charge in [0.05, 0.1) is 12.1 Å². The number of nitrogens with one attached hydrogen (secondary N) is 1. The van der Waals surface area contributed by atoms with Crippen molar-refractivity contribution in [3.63, 3.8) is 0 Å². The minimum atomic E-state index is -4.63. The lowest BCUT2D eigenvalue weighted by Crippen LogP contribution is -2.51. The van der Waals surface area contributed by atoms with Gasteiger partial charge in [0.25, 0.3) is 0 Å². The number of alkyl halides is 3. The molecule has 0 unspecified atom stereocenters. The third kappa shape index (κ3) is 7.69. The maximum Gasteiger partial charge on any atom is 0.420 e. The van der Waals surface area contributed by atoms with E-state index >= 15 is 0 Å². The maximum atomic E-state index is 12.5. The van der Waals surface area contributed by atoms with Gasteiger partial charge in [-0.1, -0.05) is 0 Å². The Bertz CT molecular complexity index is 1260. The molecule has 3 aromatic rings. The number of phenols is 1. The fraction of sp³-hybridized carbons (Fsp3) is 0.357. The average molecular weight is 557 g/mol. The highest BCUT2D eigenvalue weighted by Gasteiger charge is 2.34. The first-order chi connectivity index (χ1) is 19.2. The van der Waals surface area contributed by atoms with Crippen molar-refractivity contribution in [3.05, 3.63) is 66.5 Å². The number of phenolic OH excluding ortho intramolecular Hbond substituents is 1. The second-order valence-electron chi connectivity index (χ2n) is 9.46. The maximum absolute atomic E-state index is 12.5. The van der Waals surface area contributed by atoms with Crippen molar-refractivity contribution >= 4 is 23.7 Å². The molecule has 0 saturated carbocycles. The SMILES string of the molecule is O=C(CN1CCCC1)N1CCN(c2ccc(-c3ncccn3)cc2)CC1.O=CNc1ccc(O)c(C(F)(F)F)c1. The molecule has 9 nitrogen and oxygen atoms in total. The summed E-state index contributed by atoms with van der Waals surface area (Å²) in [4.78, 5) is 37.6. The van der Waals surface area contributed by atoms with E-state index in [1.807, 2.05) is 11.0 Å². The van der Waals surface area contributed by atoms with Gasteiger partial charge < -0.3 is 20.2 Å². The molecule has 2 aliphatic rings. The molecule has 2 amide bonds. The van der Waals surface area contributed by atoms with Gasteiger partial charge in [-0.3, -0.25) is 14.5 Å². The second-order valence-corrected chi connectivity index (χ2v) is 9.46. The van der Waals surface area contributed by atoms with Crippen molar-refractivity contribution in [3.8, 4) is 17.1 Å². The van der Waals surface area contributed by atoms with Crippen LogP contribution in [0.2, 0.25) is 0 Å². The monoisotopic (exact) mass is 556 g/mol. The van der Waals surface area contributed by atoms with Crippen LogP contribution in [-0.2, 0) is 15.8 Å². The first-order valence-corrected chi connectivity index (χ1v) is 13.0. The van der Waals surface area contributed by atoms with Crippen LogP contribution in [0.5, 0.6) is 5.75 Å². The summed E-state index contributed by atoms with van der Waals surface area (Å²) in [5.74, 6) is 0.161. The number of benzene rings is 2. The summed E-state index contributed by atoms with van der Waals surface area (Å²) in [7, 11) is 0. The Kier molecular flexibility index (Phi) is 9.54. The van der Waals surface area contributed by atoms with Gasteiger partial charge in [0.2, 0.25) is 12.3 Å². The van der Waals surface area contributed by atoms with Crippen LogP contribution in [0.25, 0.3) is 11.4 Å². The molecule has 0 radical (unpaired) electrons. The lowest BCUT2D eigenvalue weighted by atomic mass is 10.1. The molecule has 0 aliphatic carbocycles. The fourth-order valence-electron chi connectivity index (χ4n) is 4.64. The van der Waals surface area contributed by atoms with Gasteiger partial charge in [-0.15, -0.1) is 0 Å². The molecule has 0 bridgehead atoms. The largest absolute Gasteiger partial charge is 0.507 e. The first kappa shape index (κ1) is 28.8. The molecule has 1 aromatic heterocycles. The Labute approximate surface area is 230 Å². The van der Waals surface area contributed by atoms with E-state index in [0.717, 1.165) is 56.7 Å². The van der Waals surface area contributed by atoms with Gasteiger partial charge in [-0.25, -0.2) is 9.97 Å². The molecule has 40 heavy (non-hydrogen) atoms. The highest BCUT2D eigenvalue weighted by molar-refractivity contribution is 5.78. The molecule has 5 rings (SSSR count). The lowest BCUT2D eigenvalue weighted by Gasteiger charge is -2.36. The summed E-state index contributed by atoms with van der Waals surface area (Å²) in [6.45, 7) is 6.10. The molecule has 2 N–H and O–H groups in total. The van der Waals surface area contributed by atoms with Crippen molar-refractivity contribution in [2.24, 2.45) is 0 Å². The second kappa shape index (κ2) is 13.2. The molecule has 0 spiro atoms. The van der Waals surface area contributed by atoms with Crippen molar-refractivity contribution in [2.45, 2.75) is 19.0 Å². The minimum Gasteiger partial charge on any atom is -0.507 e. The number of hydrogen-bond acceptors (Lipinski definition) is 7. The van der Waals surface area contributed by atoms with Crippen LogP contribution in [0.15, 0.2) is 60.9 Å². The van der Waals surface area contributed by atoms with Gasteiger partial charge in [0, 0.05) is 55.5 Å². The fourth-order valence-corrected chi connectivity index (χ4v) is 4.64. The number of aromatic nitrogens is 2. The van der Waals surface area contributed by atoms with Gasteiger partial charge in [-0.2, -0.15) is 13.2 Å². The average Bonchev–Trinajstić information content (AvgIpc) is 3.48. The summed E-state index contributed by atoms with van der Waals surface area (Å²) in [6.07, 6.45) is 1.59. The molecule has 2 saturated heterocycles. The number of hydrogen-bond donors (Lipinski definition) is 2. The van der Waals surface area contributed by atoms with E-state index in [1.54, 1.807) is 12.4 Å². The van der Waals surface area contributed by atoms with Crippen molar-refractivity contribution in [1.29, 1.82) is 0 Å². The van der Waals surface area contributed by atoms with Crippen LogP contribution in [-0.4, -0.2) is 83.0 Å². The molecule has 12 heteroatoms. The minimum absolute atomic E-state index is 0.0230. The Hall–Kier alpha value is -4.19. The molecule has 2 fully saturated rings. The number of nitrogens with zero attached hydrogens (tertiary/aromatic N) is 5. The first-order valence-electron chi connectivity index (χ1n) is 13.0. The Morgan fingerprint density at radius 1 is 0.950 bits per heavy atom. The summed E-state index contributed by atoms with van der Waals surface area (Å²) in [5.41, 5.74) is 1.01. The Balaban J connectivity index is 0.000000224. The third-order valence-electron chi connectivity index (χ3n) is 6.77. The molecular weight excluding hydrogens is 525 g/mol. The van der Waals surface area contributed by atoms with Crippen LogP contribution in [0.4, 0.5) is 24.5 Å². The number of rotatable bonds is 6. The van der Waals surface area contributed by atoms with Gasteiger partial charge >= 0.3 is 6.18 Å². The highest BCUT2D eigenvalue weighted by Crippen LogP contribution is 2.37.